The molecule has 2 aliphatic heterocycles. The summed E-state index contributed by atoms with van der Waals surface area (Å²) in [5.74, 6) is 0.165. The molecule has 0 unspecified atom stereocenters. The molecule has 6 rings (SSSR count). The highest BCUT2D eigenvalue weighted by Crippen LogP contribution is 2.51. The summed E-state index contributed by atoms with van der Waals surface area (Å²) in [6.45, 7) is 18.9. The third-order valence-electron chi connectivity index (χ3n) is 9.37. The highest BCUT2D eigenvalue weighted by molar-refractivity contribution is 6.33. The number of likely N-dealkylation sites (tertiary alicyclic amines) is 1. The molecular formula is C32H37N3O. The van der Waals surface area contributed by atoms with E-state index in [9.17, 15) is 4.79 Å². The number of aryl methyl sites for hydroxylation is 1. The molecule has 0 atom stereocenters. The van der Waals surface area contributed by atoms with Crippen molar-refractivity contribution < 1.29 is 4.79 Å². The maximum atomic E-state index is 13.9. The number of rotatable bonds is 3. The second-order valence-electron chi connectivity index (χ2n) is 11.6. The maximum Gasteiger partial charge on any atom is 0.193 e. The predicted octanol–water partition coefficient (Wildman–Crippen LogP) is 6.74. The van der Waals surface area contributed by atoms with E-state index in [4.69, 9.17) is 6.57 Å². The van der Waals surface area contributed by atoms with Crippen molar-refractivity contribution in [2.75, 3.05) is 31.1 Å². The van der Waals surface area contributed by atoms with Gasteiger partial charge in [0.05, 0.1) is 6.57 Å². The van der Waals surface area contributed by atoms with E-state index in [1.807, 2.05) is 18.2 Å². The Balaban J connectivity index is 1.33. The molecule has 4 nitrogen and oxygen atoms in total. The number of allylic oxidation sites excluding steroid dienone is 2. The van der Waals surface area contributed by atoms with Crippen molar-refractivity contribution in [3.63, 3.8) is 0 Å². The number of anilines is 1. The normalized spacial score (nSPS) is 21.7. The molecule has 4 heteroatoms. The van der Waals surface area contributed by atoms with E-state index < -0.39 is 0 Å². The predicted molar refractivity (Wildman–Crippen MR) is 147 cm³/mol. The zero-order valence-electron chi connectivity index (χ0n) is 22.0. The highest BCUT2D eigenvalue weighted by atomic mass is 16.1. The molecule has 2 heterocycles. The second kappa shape index (κ2) is 8.89. The van der Waals surface area contributed by atoms with E-state index in [0.29, 0.717) is 5.69 Å². The van der Waals surface area contributed by atoms with E-state index in [2.05, 4.69) is 47.5 Å². The van der Waals surface area contributed by atoms with Crippen LogP contribution in [0.1, 0.15) is 85.5 Å². The number of piperidine rings is 2. The topological polar surface area (TPSA) is 27.9 Å². The van der Waals surface area contributed by atoms with Gasteiger partial charge in [0.25, 0.3) is 0 Å². The van der Waals surface area contributed by atoms with E-state index in [-0.39, 0.29) is 11.2 Å². The van der Waals surface area contributed by atoms with Crippen LogP contribution in [-0.4, -0.2) is 42.9 Å². The number of Topliss-reactive ketones (excluding diaryl/α,β-unsaturated/α-hetero) is 1. The van der Waals surface area contributed by atoms with Crippen molar-refractivity contribution in [3.8, 4) is 0 Å². The van der Waals surface area contributed by atoms with E-state index >= 15 is 0 Å². The minimum atomic E-state index is -0.219. The van der Waals surface area contributed by atoms with Crippen molar-refractivity contribution in [2.24, 2.45) is 0 Å². The van der Waals surface area contributed by atoms with Gasteiger partial charge in [-0.2, -0.15) is 0 Å². The molecule has 0 aromatic heterocycles. The Hall–Kier alpha value is -2.90. The summed E-state index contributed by atoms with van der Waals surface area (Å²) >= 11 is 0. The molecule has 186 valence electrons. The number of benzene rings is 2. The van der Waals surface area contributed by atoms with Crippen LogP contribution in [0.4, 0.5) is 11.4 Å². The summed E-state index contributed by atoms with van der Waals surface area (Å²) in [5, 5.41) is 0. The van der Waals surface area contributed by atoms with Crippen molar-refractivity contribution >= 4 is 22.7 Å². The lowest BCUT2D eigenvalue weighted by molar-refractivity contribution is 0.105. The first-order valence-electron chi connectivity index (χ1n) is 13.9. The number of hydrogen-bond donors (Lipinski definition) is 0. The van der Waals surface area contributed by atoms with Gasteiger partial charge in [-0.3, -0.25) is 4.79 Å². The Kier molecular flexibility index (Phi) is 5.80. The summed E-state index contributed by atoms with van der Waals surface area (Å²) in [4.78, 5) is 22.9. The van der Waals surface area contributed by atoms with Gasteiger partial charge in [0.1, 0.15) is 0 Å². The molecule has 2 saturated heterocycles. The molecule has 2 aliphatic carbocycles. The average Bonchev–Trinajstić information content (AvgIpc) is 3.32. The van der Waals surface area contributed by atoms with Gasteiger partial charge in [-0.15, -0.1) is 0 Å². The fraction of sp³-hybridized carbons (Fsp3) is 0.500. The monoisotopic (exact) mass is 479 g/mol. The number of hydrogen-bond acceptors (Lipinski definition) is 3. The van der Waals surface area contributed by atoms with Gasteiger partial charge in [0.2, 0.25) is 0 Å². The smallest absolute Gasteiger partial charge is 0.193 e. The number of carbonyl (C=O) groups excluding carboxylic acids is 1. The second-order valence-corrected chi connectivity index (χ2v) is 11.6. The zero-order chi connectivity index (χ0) is 25.0. The van der Waals surface area contributed by atoms with Crippen molar-refractivity contribution in [1.82, 2.24) is 4.90 Å². The molecule has 2 fully saturated rings. The summed E-state index contributed by atoms with van der Waals surface area (Å²) in [7, 11) is 0. The van der Waals surface area contributed by atoms with Crippen LogP contribution in [0.5, 0.6) is 0 Å². The standard InChI is InChI=1S/C32H37N3O/c1-5-21-18-26-27(20-29(21)35-15-11-24(12-16-35)34-13-7-6-8-14-34)32(2,3)28-19-22-17-23(33-4)9-10-25(22)30(28)31(26)36/h9-10,17-18,20,24H,5-8,11-16,19H2,1-3H3. The van der Waals surface area contributed by atoms with Crippen LogP contribution in [0.3, 0.4) is 0 Å². The summed E-state index contributed by atoms with van der Waals surface area (Å²) < 4.78 is 0. The molecule has 0 spiro atoms. The molecule has 0 radical (unpaired) electrons. The van der Waals surface area contributed by atoms with Crippen LogP contribution >= 0.6 is 0 Å². The largest absolute Gasteiger partial charge is 0.371 e. The van der Waals surface area contributed by atoms with Crippen molar-refractivity contribution in [3.05, 3.63) is 75.1 Å². The molecule has 2 aromatic carbocycles. The Bertz CT molecular complexity index is 1300. The van der Waals surface area contributed by atoms with E-state index in [1.165, 1.54) is 67.6 Å². The first-order valence-corrected chi connectivity index (χ1v) is 13.9. The first kappa shape index (κ1) is 23.5. The SMILES string of the molecule is [C-]#[N+]c1ccc2c(c1)CC1=C2C(=O)c2cc(CC)c(N3CCC(N4CCCCC4)CC3)cc2C1(C)C. The summed E-state index contributed by atoms with van der Waals surface area (Å²) in [6, 6.07) is 11.1. The fourth-order valence-corrected chi connectivity index (χ4v) is 7.24. The average molecular weight is 480 g/mol. The summed E-state index contributed by atoms with van der Waals surface area (Å²) in [5.41, 5.74) is 9.38. The number of nitrogens with zero attached hydrogens (tertiary/aromatic N) is 3. The molecule has 0 saturated carbocycles. The van der Waals surface area contributed by atoms with Crippen molar-refractivity contribution in [1.29, 1.82) is 0 Å². The Morgan fingerprint density at radius 3 is 2.44 bits per heavy atom. The molecule has 0 N–H and O–H groups in total. The molecule has 0 bridgehead atoms. The molecule has 4 aliphatic rings. The number of carbonyl (C=O) groups is 1. The Labute approximate surface area is 215 Å². The number of ketones is 1. The minimum Gasteiger partial charge on any atom is -0.371 e. The van der Waals surface area contributed by atoms with Gasteiger partial charge < -0.3 is 9.80 Å². The molecule has 36 heavy (non-hydrogen) atoms. The minimum absolute atomic E-state index is 0.165. The van der Waals surface area contributed by atoms with E-state index in [0.717, 1.165) is 54.2 Å². The zero-order valence-corrected chi connectivity index (χ0v) is 22.0. The third kappa shape index (κ3) is 3.63. The van der Waals surface area contributed by atoms with Crippen LogP contribution in [0.25, 0.3) is 10.4 Å². The van der Waals surface area contributed by atoms with Gasteiger partial charge in [0.15, 0.2) is 11.5 Å². The van der Waals surface area contributed by atoms with Crippen LogP contribution in [0, 0.1) is 6.57 Å². The molecule has 0 amide bonds. The van der Waals surface area contributed by atoms with Gasteiger partial charge in [-0.1, -0.05) is 45.4 Å². The highest BCUT2D eigenvalue weighted by Gasteiger charge is 2.43. The van der Waals surface area contributed by atoms with Crippen LogP contribution in [0.15, 0.2) is 35.9 Å². The fourth-order valence-electron chi connectivity index (χ4n) is 7.24. The first-order chi connectivity index (χ1) is 17.4. The Morgan fingerprint density at radius 2 is 1.75 bits per heavy atom. The van der Waals surface area contributed by atoms with Crippen molar-refractivity contribution in [2.45, 2.75) is 77.2 Å². The lowest BCUT2D eigenvalue weighted by atomic mass is 9.68. The van der Waals surface area contributed by atoms with Gasteiger partial charge in [0, 0.05) is 41.4 Å². The van der Waals surface area contributed by atoms with Crippen LogP contribution in [0.2, 0.25) is 0 Å². The molecule has 2 aromatic rings. The van der Waals surface area contributed by atoms with Gasteiger partial charge in [-0.05, 0) is 91.6 Å². The lowest BCUT2D eigenvalue weighted by Crippen LogP contribution is -2.47. The van der Waals surface area contributed by atoms with Gasteiger partial charge in [-0.25, -0.2) is 4.85 Å². The van der Waals surface area contributed by atoms with Crippen LogP contribution < -0.4 is 4.90 Å². The van der Waals surface area contributed by atoms with Gasteiger partial charge >= 0.3 is 0 Å². The maximum absolute atomic E-state index is 13.9. The number of fused-ring (bicyclic) bond motifs is 3. The van der Waals surface area contributed by atoms with Crippen LogP contribution in [-0.2, 0) is 18.3 Å². The quantitative estimate of drug-likeness (QED) is 0.457. The third-order valence-corrected chi connectivity index (χ3v) is 9.37. The Morgan fingerprint density at radius 1 is 1.00 bits per heavy atom. The summed E-state index contributed by atoms with van der Waals surface area (Å²) in [6.07, 6.45) is 8.26. The van der Waals surface area contributed by atoms with E-state index in [1.54, 1.807) is 0 Å². The molecular weight excluding hydrogens is 442 g/mol. The lowest BCUT2D eigenvalue weighted by Gasteiger charge is -2.42.